The van der Waals surface area contributed by atoms with Gasteiger partial charge in [-0.25, -0.2) is 0 Å². The maximum Gasteiger partial charge on any atom is 0.309 e. The third kappa shape index (κ3) is 0.934. The van der Waals surface area contributed by atoms with E-state index in [4.69, 9.17) is 4.74 Å². The van der Waals surface area contributed by atoms with Gasteiger partial charge in [-0.1, -0.05) is 13.8 Å². The van der Waals surface area contributed by atoms with Gasteiger partial charge in [0.1, 0.15) is 6.10 Å². The Labute approximate surface area is 55.2 Å². The van der Waals surface area contributed by atoms with Gasteiger partial charge in [0.15, 0.2) is 0 Å². The van der Waals surface area contributed by atoms with E-state index < -0.39 is 0 Å². The summed E-state index contributed by atoms with van der Waals surface area (Å²) in [7, 11) is 0. The number of carbonyl (C=O) groups is 1. The van der Waals surface area contributed by atoms with Gasteiger partial charge in [0.2, 0.25) is 0 Å². The lowest BCUT2D eigenvalue weighted by Gasteiger charge is -2.06. The van der Waals surface area contributed by atoms with E-state index in [-0.39, 0.29) is 18.0 Å². The van der Waals surface area contributed by atoms with Gasteiger partial charge in [0.25, 0.3) is 0 Å². The third-order valence-electron chi connectivity index (χ3n) is 2.20. The molecule has 1 fully saturated rings. The molecule has 0 radical (unpaired) electrons. The van der Waals surface area contributed by atoms with Crippen LogP contribution in [0.1, 0.15) is 20.8 Å². The Kier molecular flexibility index (Phi) is 1.47. The van der Waals surface area contributed by atoms with E-state index in [0.717, 1.165) is 0 Å². The lowest BCUT2D eigenvalue weighted by Crippen LogP contribution is -2.11. The van der Waals surface area contributed by atoms with Crippen molar-refractivity contribution >= 4 is 5.97 Å². The van der Waals surface area contributed by atoms with Crippen LogP contribution in [-0.4, -0.2) is 12.1 Å². The molecule has 0 saturated carbocycles. The zero-order valence-electron chi connectivity index (χ0n) is 6.05. The largest absolute Gasteiger partial charge is 0.462 e. The first-order valence-corrected chi connectivity index (χ1v) is 3.33. The molecular formula is C7H12O2. The fourth-order valence-corrected chi connectivity index (χ4v) is 1.02. The molecule has 3 atom stereocenters. The predicted octanol–water partition coefficient (Wildman–Crippen LogP) is 1.20. The second-order valence-electron chi connectivity index (χ2n) is 2.79. The van der Waals surface area contributed by atoms with Crippen molar-refractivity contribution in [2.24, 2.45) is 11.8 Å². The van der Waals surface area contributed by atoms with Crippen LogP contribution in [0, 0.1) is 11.8 Å². The zero-order chi connectivity index (χ0) is 7.02. The molecule has 1 saturated heterocycles. The highest BCUT2D eigenvalue weighted by Crippen LogP contribution is 2.26. The molecule has 0 aromatic carbocycles. The summed E-state index contributed by atoms with van der Waals surface area (Å²) in [4.78, 5) is 10.8. The van der Waals surface area contributed by atoms with Crippen molar-refractivity contribution in [1.29, 1.82) is 0 Å². The minimum atomic E-state index is -0.0463. The Bertz CT molecular complexity index is 131. The van der Waals surface area contributed by atoms with Crippen LogP contribution in [0.4, 0.5) is 0 Å². The first-order valence-electron chi connectivity index (χ1n) is 3.33. The summed E-state index contributed by atoms with van der Waals surface area (Å²) >= 11 is 0. The first kappa shape index (κ1) is 6.59. The van der Waals surface area contributed by atoms with Crippen LogP contribution >= 0.6 is 0 Å². The molecule has 1 aliphatic heterocycles. The standard InChI is InChI=1S/C7H12O2/c1-4-5(2)7(8)9-6(4)3/h4-6H,1-3H3/t4-,5?,6+/m1/s1. The lowest BCUT2D eigenvalue weighted by atomic mass is 9.95. The Balaban J connectivity index is 2.65. The Morgan fingerprint density at radius 1 is 1.33 bits per heavy atom. The summed E-state index contributed by atoms with van der Waals surface area (Å²) in [5, 5.41) is 0. The van der Waals surface area contributed by atoms with E-state index in [9.17, 15) is 4.79 Å². The molecular weight excluding hydrogens is 116 g/mol. The van der Waals surface area contributed by atoms with Crippen molar-refractivity contribution in [3.8, 4) is 0 Å². The highest BCUT2D eigenvalue weighted by Gasteiger charge is 2.35. The molecule has 0 N–H and O–H groups in total. The molecule has 0 aliphatic carbocycles. The zero-order valence-corrected chi connectivity index (χ0v) is 6.05. The lowest BCUT2D eigenvalue weighted by molar-refractivity contribution is -0.143. The summed E-state index contributed by atoms with van der Waals surface area (Å²) in [5.74, 6) is 0.437. The van der Waals surface area contributed by atoms with Crippen molar-refractivity contribution in [3.63, 3.8) is 0 Å². The molecule has 0 bridgehead atoms. The Morgan fingerprint density at radius 3 is 2.00 bits per heavy atom. The highest BCUT2D eigenvalue weighted by molar-refractivity contribution is 5.74. The molecule has 0 aromatic rings. The number of carbonyl (C=O) groups excluding carboxylic acids is 1. The quantitative estimate of drug-likeness (QED) is 0.458. The summed E-state index contributed by atoms with van der Waals surface area (Å²) in [6.45, 7) is 5.89. The van der Waals surface area contributed by atoms with Gasteiger partial charge in [-0.15, -0.1) is 0 Å². The van der Waals surface area contributed by atoms with Crippen LogP contribution in [0.25, 0.3) is 0 Å². The SMILES string of the molecule is CC1C(=O)O[C@@H](C)[C@@H]1C. The normalized spacial score (nSPS) is 43.0. The molecule has 0 aromatic heterocycles. The molecule has 52 valence electrons. The summed E-state index contributed by atoms with van der Waals surface area (Å²) < 4.78 is 4.95. The number of hydrogen-bond acceptors (Lipinski definition) is 2. The number of hydrogen-bond donors (Lipinski definition) is 0. The molecule has 2 heteroatoms. The number of esters is 1. The molecule has 0 spiro atoms. The van der Waals surface area contributed by atoms with Crippen LogP contribution in [0.2, 0.25) is 0 Å². The maximum absolute atomic E-state index is 10.8. The van der Waals surface area contributed by atoms with Gasteiger partial charge in [-0.05, 0) is 6.92 Å². The summed E-state index contributed by atoms with van der Waals surface area (Å²) in [5.41, 5.74) is 0. The van der Waals surface area contributed by atoms with E-state index >= 15 is 0 Å². The van der Waals surface area contributed by atoms with Crippen LogP contribution in [-0.2, 0) is 9.53 Å². The number of ether oxygens (including phenoxy) is 1. The van der Waals surface area contributed by atoms with E-state index in [1.54, 1.807) is 0 Å². The minimum absolute atomic E-state index is 0.0463. The van der Waals surface area contributed by atoms with Crippen molar-refractivity contribution in [3.05, 3.63) is 0 Å². The van der Waals surface area contributed by atoms with Crippen molar-refractivity contribution in [2.75, 3.05) is 0 Å². The summed E-state index contributed by atoms with van der Waals surface area (Å²) in [6.07, 6.45) is 0.118. The van der Waals surface area contributed by atoms with Gasteiger partial charge in [-0.2, -0.15) is 0 Å². The van der Waals surface area contributed by atoms with Crippen molar-refractivity contribution in [1.82, 2.24) is 0 Å². The van der Waals surface area contributed by atoms with Crippen molar-refractivity contribution in [2.45, 2.75) is 26.9 Å². The summed E-state index contributed by atoms with van der Waals surface area (Å²) in [6, 6.07) is 0. The second-order valence-corrected chi connectivity index (χ2v) is 2.79. The van der Waals surface area contributed by atoms with E-state index in [1.807, 2.05) is 20.8 Å². The highest BCUT2D eigenvalue weighted by atomic mass is 16.6. The van der Waals surface area contributed by atoms with E-state index in [2.05, 4.69) is 0 Å². The fourth-order valence-electron chi connectivity index (χ4n) is 1.02. The molecule has 2 nitrogen and oxygen atoms in total. The number of cyclic esters (lactones) is 1. The average molecular weight is 128 g/mol. The number of rotatable bonds is 0. The maximum atomic E-state index is 10.8. The molecule has 0 amide bonds. The Hall–Kier alpha value is -0.530. The minimum Gasteiger partial charge on any atom is -0.462 e. The van der Waals surface area contributed by atoms with Crippen LogP contribution < -0.4 is 0 Å². The van der Waals surface area contributed by atoms with Gasteiger partial charge in [0.05, 0.1) is 5.92 Å². The molecule has 1 heterocycles. The molecule has 9 heavy (non-hydrogen) atoms. The van der Waals surface area contributed by atoms with Gasteiger partial charge >= 0.3 is 5.97 Å². The molecule has 1 aliphatic rings. The first-order chi connectivity index (χ1) is 4.13. The van der Waals surface area contributed by atoms with Gasteiger partial charge < -0.3 is 4.74 Å². The molecule has 1 rings (SSSR count). The third-order valence-corrected chi connectivity index (χ3v) is 2.20. The topological polar surface area (TPSA) is 26.3 Å². The van der Waals surface area contributed by atoms with Gasteiger partial charge in [0, 0.05) is 5.92 Å². The van der Waals surface area contributed by atoms with Crippen LogP contribution in [0.3, 0.4) is 0 Å². The average Bonchev–Trinajstić information content (AvgIpc) is 1.98. The smallest absolute Gasteiger partial charge is 0.309 e. The Morgan fingerprint density at radius 2 is 1.89 bits per heavy atom. The second kappa shape index (κ2) is 2.01. The molecule has 1 unspecified atom stereocenters. The van der Waals surface area contributed by atoms with Crippen LogP contribution in [0.5, 0.6) is 0 Å². The van der Waals surface area contributed by atoms with Crippen molar-refractivity contribution < 1.29 is 9.53 Å². The van der Waals surface area contributed by atoms with E-state index in [1.165, 1.54) is 0 Å². The predicted molar refractivity (Wildman–Crippen MR) is 33.9 cm³/mol. The monoisotopic (exact) mass is 128 g/mol. The van der Waals surface area contributed by atoms with E-state index in [0.29, 0.717) is 5.92 Å². The van der Waals surface area contributed by atoms with Crippen LogP contribution in [0.15, 0.2) is 0 Å². The fraction of sp³-hybridized carbons (Fsp3) is 0.857. The van der Waals surface area contributed by atoms with Gasteiger partial charge in [-0.3, -0.25) is 4.79 Å².